The van der Waals surface area contributed by atoms with Crippen molar-refractivity contribution in [3.05, 3.63) is 17.8 Å². The molecule has 1 unspecified atom stereocenters. The van der Waals surface area contributed by atoms with Crippen LogP contribution in [0.3, 0.4) is 0 Å². The lowest BCUT2D eigenvalue weighted by Crippen LogP contribution is -2.57. The maximum Gasteiger partial charge on any atom is 0.275 e. The number of amides is 2. The number of carbonyl (C=O) groups is 2. The third-order valence-corrected chi connectivity index (χ3v) is 3.01. The molecule has 0 spiro atoms. The van der Waals surface area contributed by atoms with Crippen LogP contribution in [0.5, 0.6) is 0 Å². The van der Waals surface area contributed by atoms with Crippen LogP contribution in [0.15, 0.2) is 12.1 Å². The van der Waals surface area contributed by atoms with Gasteiger partial charge in [0, 0.05) is 13.1 Å². The second-order valence-corrected chi connectivity index (χ2v) is 4.16. The summed E-state index contributed by atoms with van der Waals surface area (Å²) in [6, 6.07) is 2.64. The second kappa shape index (κ2) is 5.61. The molecular weight excluding hydrogens is 248 g/mol. The Morgan fingerprint density at radius 3 is 2.95 bits per heavy atom. The highest BCUT2D eigenvalue weighted by Crippen LogP contribution is 2.12. The molecular formula is C11H16N6O2. The van der Waals surface area contributed by atoms with Gasteiger partial charge in [0.15, 0.2) is 11.5 Å². The van der Waals surface area contributed by atoms with Crippen molar-refractivity contribution < 1.29 is 9.59 Å². The number of carbonyl (C=O) groups excluding carboxylic acids is 2. The van der Waals surface area contributed by atoms with Crippen LogP contribution in [0, 0.1) is 0 Å². The van der Waals surface area contributed by atoms with E-state index >= 15 is 0 Å². The highest BCUT2D eigenvalue weighted by Gasteiger charge is 2.32. The number of hydrogen-bond donors (Lipinski definition) is 3. The fraction of sp³-hybridized carbons (Fsp3) is 0.455. The first kappa shape index (κ1) is 13.2. The van der Waals surface area contributed by atoms with Crippen molar-refractivity contribution >= 4 is 17.6 Å². The SMILES string of the molecule is CCC1C(=O)NCCN1C(=O)c1ccc(NN)nn1. The number of piperazine rings is 1. The lowest BCUT2D eigenvalue weighted by atomic mass is 10.1. The van der Waals surface area contributed by atoms with Crippen molar-refractivity contribution in [2.24, 2.45) is 5.84 Å². The Hall–Kier alpha value is -2.22. The third kappa shape index (κ3) is 2.63. The summed E-state index contributed by atoms with van der Waals surface area (Å²) in [4.78, 5) is 25.5. The van der Waals surface area contributed by atoms with Gasteiger partial charge in [-0.15, -0.1) is 10.2 Å². The van der Waals surface area contributed by atoms with Crippen LogP contribution in [0.1, 0.15) is 23.8 Å². The monoisotopic (exact) mass is 264 g/mol. The van der Waals surface area contributed by atoms with E-state index in [1.54, 1.807) is 6.07 Å². The molecule has 0 radical (unpaired) electrons. The minimum Gasteiger partial charge on any atom is -0.353 e. The van der Waals surface area contributed by atoms with Gasteiger partial charge in [-0.2, -0.15) is 0 Å². The summed E-state index contributed by atoms with van der Waals surface area (Å²) < 4.78 is 0. The van der Waals surface area contributed by atoms with Gasteiger partial charge in [-0.1, -0.05) is 6.92 Å². The van der Waals surface area contributed by atoms with E-state index in [-0.39, 0.29) is 17.5 Å². The first-order valence-electron chi connectivity index (χ1n) is 6.06. The Balaban J connectivity index is 2.19. The number of hydrogen-bond acceptors (Lipinski definition) is 6. The minimum absolute atomic E-state index is 0.129. The molecule has 2 amide bonds. The Morgan fingerprint density at radius 1 is 1.58 bits per heavy atom. The van der Waals surface area contributed by atoms with Crippen LogP contribution in [0.25, 0.3) is 0 Å². The van der Waals surface area contributed by atoms with Crippen LogP contribution < -0.4 is 16.6 Å². The molecule has 8 nitrogen and oxygen atoms in total. The summed E-state index contributed by atoms with van der Waals surface area (Å²) in [6.07, 6.45) is 0.563. The molecule has 0 aliphatic carbocycles. The number of nitrogens with one attached hydrogen (secondary N) is 2. The van der Waals surface area contributed by atoms with Gasteiger partial charge in [0.1, 0.15) is 6.04 Å². The minimum atomic E-state index is -0.449. The van der Waals surface area contributed by atoms with Gasteiger partial charge >= 0.3 is 0 Å². The van der Waals surface area contributed by atoms with Crippen molar-refractivity contribution in [2.75, 3.05) is 18.5 Å². The van der Waals surface area contributed by atoms with Gasteiger partial charge in [0.25, 0.3) is 5.91 Å². The highest BCUT2D eigenvalue weighted by molar-refractivity contribution is 5.96. The van der Waals surface area contributed by atoms with Gasteiger partial charge in [0.2, 0.25) is 5.91 Å². The Bertz CT molecular complexity index is 475. The van der Waals surface area contributed by atoms with E-state index in [0.29, 0.717) is 25.3 Å². The quantitative estimate of drug-likeness (QED) is 0.482. The third-order valence-electron chi connectivity index (χ3n) is 3.01. The van der Waals surface area contributed by atoms with Gasteiger partial charge in [-0.25, -0.2) is 5.84 Å². The first-order chi connectivity index (χ1) is 9.17. The molecule has 0 saturated carbocycles. The zero-order valence-corrected chi connectivity index (χ0v) is 10.6. The van der Waals surface area contributed by atoms with E-state index in [4.69, 9.17) is 5.84 Å². The lowest BCUT2D eigenvalue weighted by molar-refractivity contribution is -0.127. The van der Waals surface area contributed by atoms with Crippen LogP contribution in [0.2, 0.25) is 0 Å². The smallest absolute Gasteiger partial charge is 0.275 e. The summed E-state index contributed by atoms with van der Waals surface area (Å²) >= 11 is 0. The average Bonchev–Trinajstić information content (AvgIpc) is 2.46. The Morgan fingerprint density at radius 2 is 2.37 bits per heavy atom. The molecule has 102 valence electrons. The summed E-state index contributed by atoms with van der Waals surface area (Å²) in [5.41, 5.74) is 2.54. The van der Waals surface area contributed by atoms with Crippen LogP contribution in [0.4, 0.5) is 5.82 Å². The summed E-state index contributed by atoms with van der Waals surface area (Å²) in [7, 11) is 0. The molecule has 8 heteroatoms. The second-order valence-electron chi connectivity index (χ2n) is 4.16. The molecule has 1 aliphatic heterocycles. The fourth-order valence-electron chi connectivity index (χ4n) is 2.03. The number of rotatable bonds is 3. The molecule has 1 aromatic rings. The normalized spacial score (nSPS) is 18.9. The number of hydrazine groups is 1. The van der Waals surface area contributed by atoms with Crippen LogP contribution >= 0.6 is 0 Å². The van der Waals surface area contributed by atoms with Crippen LogP contribution in [-0.4, -0.2) is 46.0 Å². The maximum absolute atomic E-state index is 12.3. The predicted molar refractivity (Wildman–Crippen MR) is 68.0 cm³/mol. The first-order valence-corrected chi connectivity index (χ1v) is 6.06. The molecule has 1 aromatic heterocycles. The molecule has 0 bridgehead atoms. The summed E-state index contributed by atoms with van der Waals surface area (Å²) in [5, 5.41) is 10.3. The van der Waals surface area contributed by atoms with Gasteiger partial charge in [0.05, 0.1) is 0 Å². The van der Waals surface area contributed by atoms with E-state index in [1.165, 1.54) is 11.0 Å². The molecule has 19 heavy (non-hydrogen) atoms. The molecule has 1 saturated heterocycles. The topological polar surface area (TPSA) is 113 Å². The molecule has 2 rings (SSSR count). The van der Waals surface area contributed by atoms with E-state index in [2.05, 4.69) is 20.9 Å². The highest BCUT2D eigenvalue weighted by atomic mass is 16.2. The Kier molecular flexibility index (Phi) is 3.91. The summed E-state index contributed by atoms with van der Waals surface area (Å²) in [6.45, 7) is 2.79. The molecule has 1 atom stereocenters. The molecule has 0 aromatic carbocycles. The van der Waals surface area contributed by atoms with Crippen molar-refractivity contribution in [3.63, 3.8) is 0 Å². The molecule has 4 N–H and O–H groups in total. The van der Waals surface area contributed by atoms with Gasteiger partial charge in [-0.05, 0) is 18.6 Å². The number of nitrogen functional groups attached to an aromatic ring is 1. The van der Waals surface area contributed by atoms with Gasteiger partial charge in [-0.3, -0.25) is 9.59 Å². The molecule has 2 heterocycles. The zero-order chi connectivity index (χ0) is 13.8. The van der Waals surface area contributed by atoms with E-state index < -0.39 is 6.04 Å². The van der Waals surface area contributed by atoms with E-state index in [0.717, 1.165) is 0 Å². The largest absolute Gasteiger partial charge is 0.353 e. The van der Waals surface area contributed by atoms with E-state index in [1.807, 2.05) is 6.92 Å². The van der Waals surface area contributed by atoms with Crippen molar-refractivity contribution in [1.82, 2.24) is 20.4 Å². The standard InChI is InChI=1S/C11H16N6O2/c1-2-8-10(18)13-5-6-17(8)11(19)7-3-4-9(14-12)16-15-7/h3-4,8H,2,5-6,12H2,1H3,(H,13,18)(H,14,16). The van der Waals surface area contributed by atoms with Crippen molar-refractivity contribution in [1.29, 1.82) is 0 Å². The maximum atomic E-state index is 12.3. The van der Waals surface area contributed by atoms with Crippen molar-refractivity contribution in [3.8, 4) is 0 Å². The fourth-order valence-corrected chi connectivity index (χ4v) is 2.03. The van der Waals surface area contributed by atoms with Gasteiger partial charge < -0.3 is 15.6 Å². The molecule has 1 aliphatic rings. The Labute approximate surface area is 110 Å². The number of nitrogens with two attached hydrogens (primary N) is 1. The van der Waals surface area contributed by atoms with E-state index in [9.17, 15) is 9.59 Å². The molecule has 1 fully saturated rings. The van der Waals surface area contributed by atoms with Crippen LogP contribution in [-0.2, 0) is 4.79 Å². The number of aromatic nitrogens is 2. The predicted octanol–water partition coefficient (Wildman–Crippen LogP) is -0.887. The average molecular weight is 264 g/mol. The number of anilines is 1. The van der Waals surface area contributed by atoms with Crippen molar-refractivity contribution in [2.45, 2.75) is 19.4 Å². The lowest BCUT2D eigenvalue weighted by Gasteiger charge is -2.34. The zero-order valence-electron chi connectivity index (χ0n) is 10.6. The summed E-state index contributed by atoms with van der Waals surface area (Å²) in [5.74, 6) is 5.13. The number of nitrogens with zero attached hydrogens (tertiary/aromatic N) is 3.